The van der Waals surface area contributed by atoms with E-state index in [1.165, 1.54) is 22.7 Å². The molecule has 1 heterocycles. The number of hydrogen-bond donors (Lipinski definition) is 1. The second-order valence-corrected chi connectivity index (χ2v) is 7.52. The molecule has 0 aliphatic carbocycles. The minimum Gasteiger partial charge on any atom is -0.378 e. The molecule has 134 valence electrons. The number of anilines is 2. The van der Waals surface area contributed by atoms with E-state index in [0.717, 1.165) is 27.5 Å². The van der Waals surface area contributed by atoms with Crippen LogP contribution in [0, 0.1) is 13.8 Å². The summed E-state index contributed by atoms with van der Waals surface area (Å²) in [4.78, 5) is 19.0. The summed E-state index contributed by atoms with van der Waals surface area (Å²) in [6, 6.07) is 16.1. The van der Waals surface area contributed by atoms with Crippen molar-refractivity contribution in [1.29, 1.82) is 0 Å². The molecule has 0 aliphatic heterocycles. The number of amides is 1. The Bertz CT molecular complexity index is 936. The van der Waals surface area contributed by atoms with Gasteiger partial charge in [-0.15, -0.1) is 0 Å². The molecule has 0 aliphatic rings. The third-order valence-corrected chi connectivity index (χ3v) is 5.15. The molecule has 2 aromatic carbocycles. The molecular formula is C21H23N3OS. The fourth-order valence-corrected chi connectivity index (χ4v) is 3.55. The smallest absolute Gasteiger partial charge is 0.234 e. The average Bonchev–Trinajstić information content (AvgIpc) is 2.61. The molecule has 0 saturated carbocycles. The highest BCUT2D eigenvalue weighted by molar-refractivity contribution is 7.99. The summed E-state index contributed by atoms with van der Waals surface area (Å²) in [6.07, 6.45) is 0. The lowest BCUT2D eigenvalue weighted by Crippen LogP contribution is -2.14. The lowest BCUT2D eigenvalue weighted by molar-refractivity contribution is -0.113. The van der Waals surface area contributed by atoms with Crippen molar-refractivity contribution < 1.29 is 4.79 Å². The molecule has 0 spiro atoms. The number of aryl methyl sites for hydroxylation is 2. The molecule has 0 bridgehead atoms. The summed E-state index contributed by atoms with van der Waals surface area (Å²) < 4.78 is 0. The van der Waals surface area contributed by atoms with Gasteiger partial charge in [0.15, 0.2) is 0 Å². The minimum atomic E-state index is -0.0306. The highest BCUT2D eigenvalue weighted by Gasteiger charge is 2.08. The Hall–Kier alpha value is -2.53. The van der Waals surface area contributed by atoms with E-state index in [1.807, 2.05) is 55.4 Å². The van der Waals surface area contributed by atoms with Gasteiger partial charge < -0.3 is 10.2 Å². The van der Waals surface area contributed by atoms with Crippen LogP contribution in [-0.2, 0) is 4.79 Å². The van der Waals surface area contributed by atoms with E-state index >= 15 is 0 Å². The Kier molecular flexibility index (Phi) is 5.47. The number of para-hydroxylation sites is 1. The van der Waals surface area contributed by atoms with Gasteiger partial charge in [-0.05, 0) is 55.3 Å². The van der Waals surface area contributed by atoms with Gasteiger partial charge in [-0.25, -0.2) is 4.98 Å². The van der Waals surface area contributed by atoms with E-state index in [0.29, 0.717) is 5.75 Å². The maximum absolute atomic E-state index is 12.2. The van der Waals surface area contributed by atoms with Gasteiger partial charge >= 0.3 is 0 Å². The maximum atomic E-state index is 12.2. The fraction of sp³-hybridized carbons (Fsp3) is 0.238. The Morgan fingerprint density at radius 2 is 1.81 bits per heavy atom. The Morgan fingerprint density at radius 3 is 2.50 bits per heavy atom. The second kappa shape index (κ2) is 7.79. The molecular weight excluding hydrogens is 342 g/mol. The van der Waals surface area contributed by atoms with Crippen molar-refractivity contribution in [2.45, 2.75) is 18.9 Å². The molecule has 0 saturated heterocycles. The van der Waals surface area contributed by atoms with E-state index < -0.39 is 0 Å². The van der Waals surface area contributed by atoms with E-state index in [2.05, 4.69) is 31.3 Å². The number of hydrogen-bond acceptors (Lipinski definition) is 4. The molecule has 3 rings (SSSR count). The van der Waals surface area contributed by atoms with Crippen LogP contribution >= 0.6 is 11.8 Å². The van der Waals surface area contributed by atoms with Gasteiger partial charge in [0.25, 0.3) is 0 Å². The number of nitrogens with zero attached hydrogens (tertiary/aromatic N) is 2. The van der Waals surface area contributed by atoms with E-state index in [4.69, 9.17) is 4.98 Å². The largest absolute Gasteiger partial charge is 0.378 e. The number of carbonyl (C=O) groups is 1. The molecule has 4 nitrogen and oxygen atoms in total. The maximum Gasteiger partial charge on any atom is 0.234 e. The number of nitrogens with one attached hydrogen (secondary N) is 1. The van der Waals surface area contributed by atoms with Gasteiger partial charge in [-0.3, -0.25) is 4.79 Å². The zero-order valence-corrected chi connectivity index (χ0v) is 16.4. The van der Waals surface area contributed by atoms with E-state index in [9.17, 15) is 4.79 Å². The zero-order chi connectivity index (χ0) is 18.7. The van der Waals surface area contributed by atoms with Crippen LogP contribution < -0.4 is 10.2 Å². The molecule has 1 aromatic heterocycles. The van der Waals surface area contributed by atoms with Crippen molar-refractivity contribution in [3.63, 3.8) is 0 Å². The van der Waals surface area contributed by atoms with Gasteiger partial charge in [-0.1, -0.05) is 30.0 Å². The number of fused-ring (bicyclic) bond motifs is 1. The highest BCUT2D eigenvalue weighted by atomic mass is 32.2. The van der Waals surface area contributed by atoms with Crippen molar-refractivity contribution in [1.82, 2.24) is 4.98 Å². The number of benzene rings is 2. The predicted molar refractivity (Wildman–Crippen MR) is 111 cm³/mol. The first-order valence-electron chi connectivity index (χ1n) is 8.51. The number of aromatic nitrogens is 1. The summed E-state index contributed by atoms with van der Waals surface area (Å²) in [5, 5.41) is 4.98. The van der Waals surface area contributed by atoms with Crippen LogP contribution in [0.25, 0.3) is 10.9 Å². The first-order valence-corrected chi connectivity index (χ1v) is 9.49. The molecule has 1 N–H and O–H groups in total. The first kappa shape index (κ1) is 18.3. The van der Waals surface area contributed by atoms with Gasteiger partial charge in [0.05, 0.1) is 16.3 Å². The van der Waals surface area contributed by atoms with Crippen molar-refractivity contribution in [3.8, 4) is 0 Å². The van der Waals surface area contributed by atoms with Crippen LogP contribution in [-0.4, -0.2) is 30.7 Å². The number of thioether (sulfide) groups is 1. The quantitative estimate of drug-likeness (QED) is 0.669. The van der Waals surface area contributed by atoms with Crippen molar-refractivity contribution in [2.24, 2.45) is 0 Å². The lowest BCUT2D eigenvalue weighted by Gasteiger charge is -2.13. The number of rotatable bonds is 5. The molecule has 0 fully saturated rings. The summed E-state index contributed by atoms with van der Waals surface area (Å²) in [5.74, 6) is 0.302. The van der Waals surface area contributed by atoms with Crippen molar-refractivity contribution >= 4 is 39.9 Å². The molecule has 26 heavy (non-hydrogen) atoms. The number of pyridine rings is 1. The summed E-state index contributed by atoms with van der Waals surface area (Å²) in [7, 11) is 3.98. The van der Waals surface area contributed by atoms with Crippen LogP contribution in [0.5, 0.6) is 0 Å². The summed E-state index contributed by atoms with van der Waals surface area (Å²) in [6.45, 7) is 4.15. The first-order chi connectivity index (χ1) is 12.4. The van der Waals surface area contributed by atoms with E-state index in [1.54, 1.807) is 0 Å². The Balaban J connectivity index is 1.66. The lowest BCUT2D eigenvalue weighted by atomic mass is 10.1. The van der Waals surface area contributed by atoms with Gasteiger partial charge in [-0.2, -0.15) is 0 Å². The fourth-order valence-electron chi connectivity index (χ4n) is 2.78. The Labute approximate surface area is 158 Å². The van der Waals surface area contributed by atoms with E-state index in [-0.39, 0.29) is 5.91 Å². The second-order valence-electron chi connectivity index (χ2n) is 6.53. The standard InChI is InChI=1S/C21H23N3OS/c1-14-6-5-7-18-15(2)12-20(23-21(14)18)26-13-19(25)22-16-8-10-17(11-9-16)24(3)4/h5-12H,13H2,1-4H3,(H,22,25). The number of carbonyl (C=O) groups excluding carboxylic acids is 1. The Morgan fingerprint density at radius 1 is 1.08 bits per heavy atom. The molecule has 5 heteroatoms. The topological polar surface area (TPSA) is 45.2 Å². The van der Waals surface area contributed by atoms with Crippen LogP contribution in [0.2, 0.25) is 0 Å². The zero-order valence-electron chi connectivity index (χ0n) is 15.5. The predicted octanol–water partition coefficient (Wildman–Crippen LogP) is 4.65. The van der Waals surface area contributed by atoms with Gasteiger partial charge in [0.2, 0.25) is 5.91 Å². The van der Waals surface area contributed by atoms with Crippen LogP contribution in [0.15, 0.2) is 53.6 Å². The third kappa shape index (κ3) is 4.17. The van der Waals surface area contributed by atoms with Gasteiger partial charge in [0.1, 0.15) is 0 Å². The van der Waals surface area contributed by atoms with Crippen molar-refractivity contribution in [3.05, 3.63) is 59.7 Å². The minimum absolute atomic E-state index is 0.0306. The normalized spacial score (nSPS) is 10.8. The molecule has 0 atom stereocenters. The van der Waals surface area contributed by atoms with Crippen molar-refractivity contribution in [2.75, 3.05) is 30.1 Å². The molecule has 1 amide bonds. The molecule has 3 aromatic rings. The molecule has 0 radical (unpaired) electrons. The summed E-state index contributed by atoms with van der Waals surface area (Å²) >= 11 is 1.46. The highest BCUT2D eigenvalue weighted by Crippen LogP contribution is 2.25. The van der Waals surface area contributed by atoms with Crippen LogP contribution in [0.3, 0.4) is 0 Å². The average molecular weight is 366 g/mol. The summed E-state index contributed by atoms with van der Waals surface area (Å²) in [5.41, 5.74) is 5.25. The van der Waals surface area contributed by atoms with Crippen LogP contribution in [0.1, 0.15) is 11.1 Å². The monoisotopic (exact) mass is 365 g/mol. The third-order valence-electron chi connectivity index (χ3n) is 4.24. The SMILES string of the molecule is Cc1cc(SCC(=O)Nc2ccc(N(C)C)cc2)nc2c(C)cccc12. The van der Waals surface area contributed by atoms with Gasteiger partial charge in [0, 0.05) is 30.9 Å². The van der Waals surface area contributed by atoms with Crippen LogP contribution in [0.4, 0.5) is 11.4 Å². The molecule has 0 unspecified atom stereocenters.